The van der Waals surface area contributed by atoms with Gasteiger partial charge in [0.15, 0.2) is 0 Å². The van der Waals surface area contributed by atoms with Gasteiger partial charge in [-0.25, -0.2) is 9.18 Å². The van der Waals surface area contributed by atoms with Crippen molar-refractivity contribution in [1.82, 2.24) is 0 Å². The zero-order chi connectivity index (χ0) is 19.3. The quantitative estimate of drug-likeness (QED) is 0.727. The highest BCUT2D eigenvalue weighted by Crippen LogP contribution is 2.49. The normalized spacial score (nSPS) is 14.3. The zero-order valence-corrected chi connectivity index (χ0v) is 15.0. The maximum atomic E-state index is 13.1. The topological polar surface area (TPSA) is 76.7 Å². The van der Waals surface area contributed by atoms with Crippen molar-refractivity contribution < 1.29 is 23.5 Å². The van der Waals surface area contributed by atoms with Crippen LogP contribution in [0.3, 0.4) is 0 Å². The third kappa shape index (κ3) is 4.62. The molecule has 1 saturated carbocycles. The van der Waals surface area contributed by atoms with Crippen molar-refractivity contribution in [3.63, 3.8) is 0 Å². The Kier molecular flexibility index (Phi) is 5.71. The molecular weight excluding hydrogens is 351 g/mol. The second-order valence-corrected chi connectivity index (χ2v) is 6.38. The van der Waals surface area contributed by atoms with E-state index in [1.54, 1.807) is 36.4 Å². The Morgan fingerprint density at radius 3 is 2.33 bits per heavy atom. The number of hydrogen-bond acceptors (Lipinski definition) is 4. The van der Waals surface area contributed by atoms with Crippen molar-refractivity contribution in [2.75, 3.05) is 31.0 Å². The molecule has 2 N–H and O–H groups in total. The van der Waals surface area contributed by atoms with E-state index in [9.17, 15) is 14.0 Å². The Balaban J connectivity index is 1.63. The first-order chi connectivity index (χ1) is 13.0. The molecule has 0 radical (unpaired) electrons. The predicted molar refractivity (Wildman–Crippen MR) is 99.2 cm³/mol. The van der Waals surface area contributed by atoms with Crippen LogP contribution in [0.1, 0.15) is 18.4 Å². The fourth-order valence-electron chi connectivity index (χ4n) is 2.84. The maximum Gasteiger partial charge on any atom is 0.411 e. The minimum atomic E-state index is -0.615. The molecule has 0 aliphatic heterocycles. The molecule has 2 aromatic rings. The Bertz CT molecular complexity index is 819. The molecule has 27 heavy (non-hydrogen) atoms. The Morgan fingerprint density at radius 1 is 1.04 bits per heavy atom. The van der Waals surface area contributed by atoms with Crippen molar-refractivity contribution in [3.05, 3.63) is 59.9 Å². The molecule has 0 atom stereocenters. The first kappa shape index (κ1) is 18.8. The van der Waals surface area contributed by atoms with Crippen molar-refractivity contribution in [2.24, 2.45) is 0 Å². The molecule has 1 aliphatic rings. The van der Waals surface area contributed by atoms with Crippen LogP contribution in [-0.4, -0.2) is 32.3 Å². The van der Waals surface area contributed by atoms with Crippen LogP contribution in [0, 0.1) is 5.82 Å². The lowest BCUT2D eigenvalue weighted by Crippen LogP contribution is -2.27. The third-order valence-electron chi connectivity index (χ3n) is 4.47. The Morgan fingerprint density at radius 2 is 1.70 bits per heavy atom. The lowest BCUT2D eigenvalue weighted by atomic mass is 9.95. The van der Waals surface area contributed by atoms with Gasteiger partial charge in [-0.05, 0) is 48.7 Å². The second kappa shape index (κ2) is 8.18. The van der Waals surface area contributed by atoms with Crippen molar-refractivity contribution in [2.45, 2.75) is 18.3 Å². The van der Waals surface area contributed by atoms with E-state index in [2.05, 4.69) is 10.6 Å². The van der Waals surface area contributed by atoms with Crippen molar-refractivity contribution in [3.8, 4) is 0 Å². The molecule has 3 rings (SSSR count). The van der Waals surface area contributed by atoms with Crippen LogP contribution in [0.5, 0.6) is 0 Å². The number of anilines is 2. The summed E-state index contributed by atoms with van der Waals surface area (Å²) in [6, 6.07) is 12.8. The van der Waals surface area contributed by atoms with E-state index >= 15 is 0 Å². The second-order valence-electron chi connectivity index (χ2n) is 6.38. The molecule has 0 bridgehead atoms. The Labute approximate surface area is 156 Å². The van der Waals surface area contributed by atoms with E-state index < -0.39 is 11.5 Å². The summed E-state index contributed by atoms with van der Waals surface area (Å²) >= 11 is 0. The van der Waals surface area contributed by atoms with Gasteiger partial charge in [-0.1, -0.05) is 18.2 Å². The number of benzene rings is 2. The van der Waals surface area contributed by atoms with E-state index in [1.165, 1.54) is 19.2 Å². The van der Waals surface area contributed by atoms with Gasteiger partial charge < -0.3 is 14.8 Å². The summed E-state index contributed by atoms with van der Waals surface area (Å²) < 4.78 is 22.9. The van der Waals surface area contributed by atoms with Crippen LogP contribution in [0.4, 0.5) is 20.6 Å². The molecule has 0 unspecified atom stereocenters. The Hall–Kier alpha value is -2.93. The summed E-state index contributed by atoms with van der Waals surface area (Å²) in [6.07, 6.45) is 0.836. The molecule has 142 valence electrons. The number of ether oxygens (including phenoxy) is 2. The van der Waals surface area contributed by atoms with Gasteiger partial charge in [0.1, 0.15) is 12.4 Å². The largest absolute Gasteiger partial charge is 0.447 e. The minimum Gasteiger partial charge on any atom is -0.447 e. The first-order valence-corrected chi connectivity index (χ1v) is 8.64. The summed E-state index contributed by atoms with van der Waals surface area (Å²) in [7, 11) is 1.52. The fourth-order valence-corrected chi connectivity index (χ4v) is 2.84. The fraction of sp³-hybridized carbons (Fsp3) is 0.300. The molecule has 2 amide bonds. The predicted octanol–water partition coefficient (Wildman–Crippen LogP) is 3.69. The zero-order valence-electron chi connectivity index (χ0n) is 15.0. The number of methoxy groups -OCH3 is 1. The van der Waals surface area contributed by atoms with Gasteiger partial charge in [0, 0.05) is 18.5 Å². The van der Waals surface area contributed by atoms with E-state index in [4.69, 9.17) is 9.47 Å². The van der Waals surface area contributed by atoms with Gasteiger partial charge in [-0.2, -0.15) is 0 Å². The monoisotopic (exact) mass is 372 g/mol. The highest BCUT2D eigenvalue weighted by atomic mass is 19.1. The highest BCUT2D eigenvalue weighted by molar-refractivity contribution is 6.01. The van der Waals surface area contributed by atoms with E-state index in [0.29, 0.717) is 30.8 Å². The maximum absolute atomic E-state index is 13.1. The molecule has 0 saturated heterocycles. The summed E-state index contributed by atoms with van der Waals surface area (Å²) in [4.78, 5) is 24.5. The van der Waals surface area contributed by atoms with E-state index in [0.717, 1.165) is 5.56 Å². The van der Waals surface area contributed by atoms with Crippen LogP contribution in [0.15, 0.2) is 48.5 Å². The minimum absolute atomic E-state index is 0.145. The molecule has 2 aromatic carbocycles. The van der Waals surface area contributed by atoms with Crippen LogP contribution >= 0.6 is 0 Å². The van der Waals surface area contributed by atoms with Gasteiger partial charge in [0.25, 0.3) is 0 Å². The number of halogens is 1. The van der Waals surface area contributed by atoms with Crippen LogP contribution in [0.25, 0.3) is 0 Å². The van der Waals surface area contributed by atoms with Gasteiger partial charge in [0.2, 0.25) is 5.91 Å². The molecule has 0 spiro atoms. The molecule has 7 heteroatoms. The molecular formula is C20H21FN2O4. The van der Waals surface area contributed by atoms with Gasteiger partial charge >= 0.3 is 6.09 Å². The molecule has 0 heterocycles. The average Bonchev–Trinajstić information content (AvgIpc) is 3.45. The molecule has 6 nitrogen and oxygen atoms in total. The summed E-state index contributed by atoms with van der Waals surface area (Å²) in [5.74, 6) is -0.472. The van der Waals surface area contributed by atoms with E-state index in [-0.39, 0.29) is 18.3 Å². The van der Waals surface area contributed by atoms with Crippen molar-refractivity contribution >= 4 is 23.4 Å². The number of carbonyl (C=O) groups is 2. The van der Waals surface area contributed by atoms with E-state index in [1.807, 2.05) is 0 Å². The first-order valence-electron chi connectivity index (χ1n) is 8.64. The number of carbonyl (C=O) groups excluding carboxylic acids is 2. The average molecular weight is 372 g/mol. The van der Waals surface area contributed by atoms with Crippen LogP contribution < -0.4 is 10.6 Å². The van der Waals surface area contributed by atoms with Gasteiger partial charge in [-0.15, -0.1) is 0 Å². The molecule has 1 fully saturated rings. The number of hydrogen-bond donors (Lipinski definition) is 2. The molecule has 1 aliphatic carbocycles. The number of nitrogens with one attached hydrogen (secondary N) is 2. The number of amides is 2. The SMILES string of the molecule is COCCOC(=O)Nc1cccc(NC(=O)C2(c3ccc(F)cc3)CC2)c1. The smallest absolute Gasteiger partial charge is 0.411 e. The van der Waals surface area contributed by atoms with Crippen LogP contribution in [-0.2, 0) is 19.7 Å². The van der Waals surface area contributed by atoms with Gasteiger partial charge in [-0.3, -0.25) is 10.1 Å². The molecule has 0 aromatic heterocycles. The van der Waals surface area contributed by atoms with Crippen molar-refractivity contribution in [1.29, 1.82) is 0 Å². The highest BCUT2D eigenvalue weighted by Gasteiger charge is 2.51. The summed E-state index contributed by atoms with van der Waals surface area (Å²) in [5, 5.41) is 5.48. The van der Waals surface area contributed by atoms with Gasteiger partial charge in [0.05, 0.1) is 12.0 Å². The lowest BCUT2D eigenvalue weighted by Gasteiger charge is -2.16. The standard InChI is InChI=1S/C20H21FN2O4/c1-26-11-12-27-19(25)23-17-4-2-3-16(13-17)22-18(24)20(9-10-20)14-5-7-15(21)8-6-14/h2-8,13H,9-12H2,1H3,(H,22,24)(H,23,25). The lowest BCUT2D eigenvalue weighted by molar-refractivity contribution is -0.118. The number of rotatable bonds is 7. The van der Waals surface area contributed by atoms with Crippen LogP contribution in [0.2, 0.25) is 0 Å². The third-order valence-corrected chi connectivity index (χ3v) is 4.47. The summed E-state index contributed by atoms with van der Waals surface area (Å²) in [5.41, 5.74) is 1.25. The summed E-state index contributed by atoms with van der Waals surface area (Å²) in [6.45, 7) is 0.466.